The molecule has 0 radical (unpaired) electrons. The number of fused-ring (bicyclic) bond motifs is 1. The second-order valence-electron chi connectivity index (χ2n) is 7.93. The maximum atomic E-state index is 13.1. The van der Waals surface area contributed by atoms with Crippen LogP contribution in [0.3, 0.4) is 0 Å². The van der Waals surface area contributed by atoms with Gasteiger partial charge in [-0.2, -0.15) is 0 Å². The van der Waals surface area contributed by atoms with E-state index in [2.05, 4.69) is 33.3 Å². The topological polar surface area (TPSA) is 76.9 Å². The number of nitrogens with one attached hydrogen (secondary N) is 1. The van der Waals surface area contributed by atoms with Crippen LogP contribution in [0.2, 0.25) is 0 Å². The summed E-state index contributed by atoms with van der Waals surface area (Å²) in [5, 5.41) is 8.75. The smallest absolute Gasteiger partial charge is 0.261 e. The Bertz CT molecular complexity index is 1120. The molecule has 1 atom stereocenters. The third-order valence-electron chi connectivity index (χ3n) is 5.89. The molecule has 1 N–H and O–H groups in total. The van der Waals surface area contributed by atoms with Crippen LogP contribution < -0.4 is 4.72 Å². The Kier molecular flexibility index (Phi) is 5.90. The fourth-order valence-corrected chi connectivity index (χ4v) is 4.95. The van der Waals surface area contributed by atoms with Crippen LogP contribution in [0.25, 0.3) is 11.4 Å². The number of para-hydroxylation sites is 1. The van der Waals surface area contributed by atoms with Crippen LogP contribution in [0, 0.1) is 0 Å². The van der Waals surface area contributed by atoms with Gasteiger partial charge in [0.2, 0.25) is 0 Å². The number of hydrogen-bond donors (Lipinski definition) is 1. The summed E-state index contributed by atoms with van der Waals surface area (Å²) >= 11 is 0. The van der Waals surface area contributed by atoms with Gasteiger partial charge in [0.25, 0.3) is 10.0 Å². The SMILES string of the molecule is CCC(C)c1ccc(S(=O)(=O)Nc2ccccc2-c2nnc3n2CCCCC3)cc1. The van der Waals surface area contributed by atoms with Crippen LogP contribution in [0.15, 0.2) is 53.4 Å². The Morgan fingerprint density at radius 3 is 2.57 bits per heavy atom. The van der Waals surface area contributed by atoms with Crippen molar-refractivity contribution in [2.45, 2.75) is 63.3 Å². The molecule has 2 heterocycles. The van der Waals surface area contributed by atoms with Crippen LogP contribution >= 0.6 is 0 Å². The molecule has 0 spiro atoms. The number of aryl methyl sites for hydroxylation is 1. The van der Waals surface area contributed by atoms with Gasteiger partial charge >= 0.3 is 0 Å². The van der Waals surface area contributed by atoms with Gasteiger partial charge in [0, 0.05) is 18.5 Å². The van der Waals surface area contributed by atoms with Gasteiger partial charge < -0.3 is 4.57 Å². The number of hydrogen-bond acceptors (Lipinski definition) is 4. The van der Waals surface area contributed by atoms with Crippen molar-refractivity contribution in [3.8, 4) is 11.4 Å². The zero-order valence-electron chi connectivity index (χ0n) is 17.5. The molecule has 0 saturated carbocycles. The summed E-state index contributed by atoms with van der Waals surface area (Å²) in [5.41, 5.74) is 2.41. The molecule has 0 aliphatic carbocycles. The molecule has 0 fully saturated rings. The zero-order chi connectivity index (χ0) is 21.1. The number of rotatable bonds is 6. The van der Waals surface area contributed by atoms with E-state index < -0.39 is 10.0 Å². The average molecular weight is 425 g/mol. The molecule has 0 bridgehead atoms. The lowest BCUT2D eigenvalue weighted by Gasteiger charge is -2.14. The van der Waals surface area contributed by atoms with Crippen LogP contribution in [0.1, 0.15) is 56.8 Å². The lowest BCUT2D eigenvalue weighted by Crippen LogP contribution is -2.14. The highest BCUT2D eigenvalue weighted by molar-refractivity contribution is 7.92. The van der Waals surface area contributed by atoms with Crippen molar-refractivity contribution < 1.29 is 8.42 Å². The monoisotopic (exact) mass is 424 g/mol. The van der Waals surface area contributed by atoms with Crippen molar-refractivity contribution in [2.75, 3.05) is 4.72 Å². The molecule has 1 aliphatic heterocycles. The summed E-state index contributed by atoms with van der Waals surface area (Å²) < 4.78 is 31.0. The Hall–Kier alpha value is -2.67. The third kappa shape index (κ3) is 4.12. The summed E-state index contributed by atoms with van der Waals surface area (Å²) in [7, 11) is -3.71. The van der Waals surface area contributed by atoms with Crippen LogP contribution in [-0.2, 0) is 23.0 Å². The fourth-order valence-electron chi connectivity index (χ4n) is 3.87. The maximum Gasteiger partial charge on any atom is 0.261 e. The third-order valence-corrected chi connectivity index (χ3v) is 7.28. The van der Waals surface area contributed by atoms with E-state index in [0.29, 0.717) is 11.6 Å². The fraction of sp³-hybridized carbons (Fsp3) is 0.391. The summed E-state index contributed by atoms with van der Waals surface area (Å²) in [6.45, 7) is 5.12. The molecule has 1 aliphatic rings. The van der Waals surface area contributed by atoms with Crippen molar-refractivity contribution in [1.29, 1.82) is 0 Å². The summed E-state index contributed by atoms with van der Waals surface area (Å²) in [5.74, 6) is 2.09. The van der Waals surface area contributed by atoms with Gasteiger partial charge in [-0.15, -0.1) is 10.2 Å². The Balaban J connectivity index is 1.66. The molecule has 4 rings (SSSR count). The standard InChI is InChI=1S/C23H28N4O2S/c1-3-17(2)18-12-14-19(15-13-18)30(28,29)26-21-10-7-6-9-20(21)23-25-24-22-11-5-4-8-16-27(22)23/h6-7,9-10,12-15,17,26H,3-5,8,11,16H2,1-2H3. The van der Waals surface area contributed by atoms with E-state index in [-0.39, 0.29) is 4.90 Å². The highest BCUT2D eigenvalue weighted by atomic mass is 32.2. The largest absolute Gasteiger partial charge is 0.311 e. The van der Waals surface area contributed by atoms with Crippen LogP contribution in [-0.4, -0.2) is 23.2 Å². The molecule has 30 heavy (non-hydrogen) atoms. The second kappa shape index (κ2) is 8.60. The first kappa shape index (κ1) is 20.6. The van der Waals surface area contributed by atoms with E-state index in [9.17, 15) is 8.42 Å². The first-order valence-electron chi connectivity index (χ1n) is 10.6. The normalized spacial score (nSPS) is 15.3. The second-order valence-corrected chi connectivity index (χ2v) is 9.61. The van der Waals surface area contributed by atoms with E-state index in [1.807, 2.05) is 30.3 Å². The first-order chi connectivity index (χ1) is 14.5. The lowest BCUT2D eigenvalue weighted by atomic mass is 9.99. The molecule has 0 amide bonds. The van der Waals surface area contributed by atoms with Crippen molar-refractivity contribution >= 4 is 15.7 Å². The molecule has 6 nitrogen and oxygen atoms in total. The summed E-state index contributed by atoms with van der Waals surface area (Å²) in [6, 6.07) is 14.5. The maximum absolute atomic E-state index is 13.1. The summed E-state index contributed by atoms with van der Waals surface area (Å²) in [6.07, 6.45) is 5.28. The predicted molar refractivity (Wildman–Crippen MR) is 119 cm³/mol. The quantitative estimate of drug-likeness (QED) is 0.605. The van der Waals surface area contributed by atoms with Crippen molar-refractivity contribution in [2.24, 2.45) is 0 Å². The average Bonchev–Trinajstić information content (AvgIpc) is 3.01. The molecular weight excluding hydrogens is 396 g/mol. The van der Waals surface area contributed by atoms with Crippen molar-refractivity contribution in [3.63, 3.8) is 0 Å². The Labute approximate surface area is 178 Å². The molecule has 3 aromatic rings. The van der Waals surface area contributed by atoms with Gasteiger partial charge in [0.1, 0.15) is 5.82 Å². The molecule has 1 aromatic heterocycles. The predicted octanol–water partition coefficient (Wildman–Crippen LogP) is 4.99. The minimum Gasteiger partial charge on any atom is -0.311 e. The highest BCUT2D eigenvalue weighted by Crippen LogP contribution is 2.30. The summed E-state index contributed by atoms with van der Waals surface area (Å²) in [4.78, 5) is 0.254. The molecule has 2 aromatic carbocycles. The van der Waals surface area contributed by atoms with Crippen LogP contribution in [0.5, 0.6) is 0 Å². The van der Waals surface area contributed by atoms with Gasteiger partial charge in [0.15, 0.2) is 5.82 Å². The minimum atomic E-state index is -3.71. The van der Waals surface area contributed by atoms with Gasteiger partial charge in [-0.25, -0.2) is 8.42 Å². The molecule has 158 valence electrons. The molecule has 7 heteroatoms. The Morgan fingerprint density at radius 2 is 1.80 bits per heavy atom. The first-order valence-corrected chi connectivity index (χ1v) is 12.1. The van der Waals surface area contributed by atoms with Crippen molar-refractivity contribution in [1.82, 2.24) is 14.8 Å². The molecular formula is C23H28N4O2S. The number of nitrogens with zero attached hydrogens (tertiary/aromatic N) is 3. The number of benzene rings is 2. The number of aromatic nitrogens is 3. The molecule has 1 unspecified atom stereocenters. The van der Waals surface area contributed by atoms with E-state index in [4.69, 9.17) is 0 Å². The van der Waals surface area contributed by atoms with Gasteiger partial charge in [-0.3, -0.25) is 4.72 Å². The number of anilines is 1. The highest BCUT2D eigenvalue weighted by Gasteiger charge is 2.21. The van der Waals surface area contributed by atoms with E-state index >= 15 is 0 Å². The Morgan fingerprint density at radius 1 is 1.03 bits per heavy atom. The van der Waals surface area contributed by atoms with Gasteiger partial charge in [0.05, 0.1) is 10.6 Å². The lowest BCUT2D eigenvalue weighted by molar-refractivity contribution is 0.601. The minimum absolute atomic E-state index is 0.254. The van der Waals surface area contributed by atoms with Crippen LogP contribution in [0.4, 0.5) is 5.69 Å². The van der Waals surface area contributed by atoms with E-state index in [1.165, 1.54) is 6.42 Å². The zero-order valence-corrected chi connectivity index (χ0v) is 18.3. The van der Waals surface area contributed by atoms with Gasteiger partial charge in [-0.05, 0) is 55.0 Å². The van der Waals surface area contributed by atoms with Gasteiger partial charge in [-0.1, -0.05) is 44.5 Å². The molecule has 0 saturated heterocycles. The van der Waals surface area contributed by atoms with E-state index in [1.54, 1.807) is 18.2 Å². The number of sulfonamides is 1. The van der Waals surface area contributed by atoms with Crippen molar-refractivity contribution in [3.05, 3.63) is 59.9 Å². The van der Waals surface area contributed by atoms with E-state index in [0.717, 1.165) is 55.0 Å².